The molecule has 0 radical (unpaired) electrons. The van der Waals surface area contributed by atoms with E-state index in [0.29, 0.717) is 17.5 Å². The van der Waals surface area contributed by atoms with Gasteiger partial charge >= 0.3 is 0 Å². The summed E-state index contributed by atoms with van der Waals surface area (Å²) in [5.74, 6) is 1.93. The number of hydrogen-bond donors (Lipinski definition) is 0. The topological polar surface area (TPSA) is 62.5 Å². The van der Waals surface area contributed by atoms with Crippen molar-refractivity contribution in [1.29, 1.82) is 5.26 Å². The average Bonchev–Trinajstić information content (AvgIpc) is 3.46. The van der Waals surface area contributed by atoms with Gasteiger partial charge in [-0.15, -0.1) is 0 Å². The van der Waals surface area contributed by atoms with Crippen LogP contribution in [0.1, 0.15) is 48.8 Å². The van der Waals surface area contributed by atoms with Crippen molar-refractivity contribution >= 4 is 0 Å². The van der Waals surface area contributed by atoms with Gasteiger partial charge in [-0.05, 0) is 75.5 Å². The number of hydrogen-bond acceptors (Lipinski definition) is 4. The zero-order valence-corrected chi connectivity index (χ0v) is 27.7. The van der Waals surface area contributed by atoms with E-state index in [9.17, 15) is 5.26 Å². The molecule has 1 saturated carbocycles. The van der Waals surface area contributed by atoms with Crippen LogP contribution in [0.15, 0.2) is 146 Å². The third-order valence-electron chi connectivity index (χ3n) is 10.6. The van der Waals surface area contributed by atoms with Crippen LogP contribution in [0.25, 0.3) is 67.5 Å². The fourth-order valence-electron chi connectivity index (χ4n) is 8.05. The first-order valence-corrected chi connectivity index (χ1v) is 17.5. The van der Waals surface area contributed by atoms with E-state index in [1.165, 1.54) is 52.6 Å². The first-order chi connectivity index (χ1) is 24.7. The fraction of sp³-hybridized carbons (Fsp3) is 0.130. The molecule has 6 aromatic carbocycles. The highest BCUT2D eigenvalue weighted by molar-refractivity contribution is 5.85. The molecule has 0 bridgehead atoms. The molecular formula is C46H34N4. The number of rotatable bonds is 5. The average molecular weight is 643 g/mol. The lowest BCUT2D eigenvalue weighted by Gasteiger charge is -2.36. The van der Waals surface area contributed by atoms with Gasteiger partial charge in [-0.2, -0.15) is 5.26 Å². The summed E-state index contributed by atoms with van der Waals surface area (Å²) in [6.07, 6.45) is 6.02. The Labute approximate surface area is 292 Å². The van der Waals surface area contributed by atoms with Gasteiger partial charge < -0.3 is 0 Å². The second-order valence-corrected chi connectivity index (χ2v) is 13.5. The van der Waals surface area contributed by atoms with E-state index in [2.05, 4.69) is 109 Å². The first-order valence-electron chi connectivity index (χ1n) is 17.5. The molecule has 2 aliphatic rings. The maximum Gasteiger partial charge on any atom is 0.164 e. The molecular weight excluding hydrogens is 609 g/mol. The number of nitrogens with zero attached hydrogens (tertiary/aromatic N) is 4. The lowest BCUT2D eigenvalue weighted by Crippen LogP contribution is -2.28. The van der Waals surface area contributed by atoms with Crippen LogP contribution in [0.2, 0.25) is 0 Å². The molecule has 4 heteroatoms. The highest BCUT2D eigenvalue weighted by Gasteiger charge is 2.43. The van der Waals surface area contributed by atoms with Crippen LogP contribution in [-0.4, -0.2) is 15.0 Å². The summed E-state index contributed by atoms with van der Waals surface area (Å²) in [5, 5.41) is 9.70. The van der Waals surface area contributed by atoms with Gasteiger partial charge in [-0.1, -0.05) is 147 Å². The van der Waals surface area contributed by atoms with Crippen molar-refractivity contribution < 1.29 is 0 Å². The zero-order valence-electron chi connectivity index (χ0n) is 27.7. The van der Waals surface area contributed by atoms with E-state index in [-0.39, 0.29) is 5.41 Å². The van der Waals surface area contributed by atoms with Gasteiger partial charge in [0.15, 0.2) is 17.5 Å². The minimum absolute atomic E-state index is 0.0207. The summed E-state index contributed by atoms with van der Waals surface area (Å²) in [5.41, 5.74) is 13.6. The smallest absolute Gasteiger partial charge is 0.164 e. The van der Waals surface area contributed by atoms with E-state index in [1.807, 2.05) is 42.5 Å². The molecule has 1 spiro atoms. The molecule has 0 amide bonds. The molecule has 4 nitrogen and oxygen atoms in total. The summed E-state index contributed by atoms with van der Waals surface area (Å²) in [6, 6.07) is 53.1. The number of benzene rings is 6. The maximum atomic E-state index is 9.70. The van der Waals surface area contributed by atoms with Crippen molar-refractivity contribution in [3.63, 3.8) is 0 Å². The zero-order chi connectivity index (χ0) is 33.5. The summed E-state index contributed by atoms with van der Waals surface area (Å²) in [7, 11) is 0. The molecule has 0 unspecified atom stereocenters. The molecule has 0 aliphatic heterocycles. The fourth-order valence-corrected chi connectivity index (χ4v) is 8.05. The Balaban J connectivity index is 1.08. The largest absolute Gasteiger partial charge is 0.208 e. The third kappa shape index (κ3) is 5.19. The monoisotopic (exact) mass is 642 g/mol. The summed E-state index contributed by atoms with van der Waals surface area (Å²) < 4.78 is 0. The van der Waals surface area contributed by atoms with Gasteiger partial charge in [-0.3, -0.25) is 0 Å². The minimum atomic E-state index is 0.0207. The number of fused-ring (bicyclic) bond motifs is 5. The molecule has 50 heavy (non-hydrogen) atoms. The highest BCUT2D eigenvalue weighted by Crippen LogP contribution is 2.56. The quantitative estimate of drug-likeness (QED) is 0.187. The lowest BCUT2D eigenvalue weighted by atomic mass is 9.67. The second kappa shape index (κ2) is 12.4. The SMILES string of the molecule is N#Cc1ccc2c(c1)C1(CCCCC1)c1ccc(-c3ccc(-c4nc(-c5ccccc5)nc(-c5ccc(-c6ccccc6)cc5)n4)cc3)cc1-2. The van der Waals surface area contributed by atoms with Gasteiger partial charge in [0.25, 0.3) is 0 Å². The predicted molar refractivity (Wildman–Crippen MR) is 201 cm³/mol. The van der Waals surface area contributed by atoms with E-state index in [1.54, 1.807) is 0 Å². The van der Waals surface area contributed by atoms with Crippen molar-refractivity contribution in [2.75, 3.05) is 0 Å². The highest BCUT2D eigenvalue weighted by atomic mass is 15.0. The molecule has 7 aromatic rings. The van der Waals surface area contributed by atoms with Crippen LogP contribution < -0.4 is 0 Å². The third-order valence-corrected chi connectivity index (χ3v) is 10.6. The Morgan fingerprint density at radius 2 is 0.900 bits per heavy atom. The summed E-state index contributed by atoms with van der Waals surface area (Å²) in [6.45, 7) is 0. The van der Waals surface area contributed by atoms with Gasteiger partial charge in [-0.25, -0.2) is 15.0 Å². The van der Waals surface area contributed by atoms with Crippen LogP contribution >= 0.6 is 0 Å². The van der Waals surface area contributed by atoms with E-state index >= 15 is 0 Å². The maximum absolute atomic E-state index is 9.70. The summed E-state index contributed by atoms with van der Waals surface area (Å²) in [4.78, 5) is 14.9. The molecule has 9 rings (SSSR count). The number of aromatic nitrogens is 3. The lowest BCUT2D eigenvalue weighted by molar-refractivity contribution is 0.353. The van der Waals surface area contributed by atoms with Crippen LogP contribution in [0.5, 0.6) is 0 Å². The summed E-state index contributed by atoms with van der Waals surface area (Å²) >= 11 is 0. The van der Waals surface area contributed by atoms with Crippen molar-refractivity contribution in [2.24, 2.45) is 0 Å². The van der Waals surface area contributed by atoms with Crippen molar-refractivity contribution in [3.8, 4) is 73.6 Å². The first kappa shape index (κ1) is 29.9. The van der Waals surface area contributed by atoms with Crippen LogP contribution in [-0.2, 0) is 5.41 Å². The molecule has 0 saturated heterocycles. The van der Waals surface area contributed by atoms with Gasteiger partial charge in [0.2, 0.25) is 0 Å². The van der Waals surface area contributed by atoms with Gasteiger partial charge in [0.1, 0.15) is 0 Å². The number of nitriles is 1. The van der Waals surface area contributed by atoms with E-state index in [0.717, 1.165) is 46.2 Å². The van der Waals surface area contributed by atoms with Crippen molar-refractivity contribution in [1.82, 2.24) is 15.0 Å². The van der Waals surface area contributed by atoms with Crippen LogP contribution in [0.4, 0.5) is 0 Å². The molecule has 0 atom stereocenters. The molecule has 1 heterocycles. The normalized spacial score (nSPS) is 14.1. The Morgan fingerprint density at radius 1 is 0.420 bits per heavy atom. The van der Waals surface area contributed by atoms with Crippen LogP contribution in [0, 0.1) is 11.3 Å². The van der Waals surface area contributed by atoms with E-state index < -0.39 is 0 Å². The van der Waals surface area contributed by atoms with Crippen LogP contribution in [0.3, 0.4) is 0 Å². The Bertz CT molecular complexity index is 2380. The molecule has 1 fully saturated rings. The van der Waals surface area contributed by atoms with Gasteiger partial charge in [0, 0.05) is 22.1 Å². The minimum Gasteiger partial charge on any atom is -0.208 e. The predicted octanol–water partition coefficient (Wildman–Crippen LogP) is 11.3. The Morgan fingerprint density at radius 3 is 1.48 bits per heavy atom. The molecule has 0 N–H and O–H groups in total. The van der Waals surface area contributed by atoms with E-state index in [4.69, 9.17) is 15.0 Å². The standard InChI is InChI=1S/C46H34N4/c47-30-31-14-24-39-40-29-38(23-25-41(40)46(42(39)28-31)26-8-3-9-27-46)34-17-21-37(22-18-34)45-49-43(35-12-6-2-7-13-35)48-44(50-45)36-19-15-33(16-20-36)32-10-4-1-5-11-32/h1-2,4-7,10-25,28-29H,3,8-9,26-27H2. The van der Waals surface area contributed by atoms with Crippen molar-refractivity contribution in [2.45, 2.75) is 37.5 Å². The molecule has 2 aliphatic carbocycles. The Kier molecular flexibility index (Phi) is 7.40. The molecule has 238 valence electrons. The van der Waals surface area contributed by atoms with Crippen molar-refractivity contribution in [3.05, 3.63) is 162 Å². The molecule has 1 aromatic heterocycles. The Hall–Kier alpha value is -6.18. The van der Waals surface area contributed by atoms with Gasteiger partial charge in [0.05, 0.1) is 11.6 Å². The second-order valence-electron chi connectivity index (χ2n) is 13.5.